The van der Waals surface area contributed by atoms with E-state index in [4.69, 9.17) is 15.3 Å². The number of hydrogen-bond donors (Lipinski definition) is 4. The van der Waals surface area contributed by atoms with Crippen LogP contribution in [0, 0.1) is 0 Å². The van der Waals surface area contributed by atoms with Gasteiger partial charge in [-0.3, -0.25) is 9.59 Å². The van der Waals surface area contributed by atoms with Gasteiger partial charge in [0.25, 0.3) is 0 Å². The average Bonchev–Trinajstić information content (AvgIpc) is 2.79. The minimum absolute atomic E-state index is 0.0662. The van der Waals surface area contributed by atoms with Gasteiger partial charge in [-0.15, -0.1) is 10.2 Å². The molecule has 116 valence electrons. The molecule has 5 N–H and O–H groups in total. The summed E-state index contributed by atoms with van der Waals surface area (Å²) in [6.07, 6.45) is -0.434. The zero-order valence-corrected chi connectivity index (χ0v) is 11.5. The molecular formula is C11H17N5O5. The zero-order valence-electron chi connectivity index (χ0n) is 11.5. The van der Waals surface area contributed by atoms with Gasteiger partial charge < -0.3 is 25.9 Å². The number of carbonyl (C=O) groups is 3. The first kappa shape index (κ1) is 16.4. The summed E-state index contributed by atoms with van der Waals surface area (Å²) in [4.78, 5) is 32.3. The van der Waals surface area contributed by atoms with Crippen molar-refractivity contribution in [2.45, 2.75) is 32.2 Å². The van der Waals surface area contributed by atoms with Gasteiger partial charge in [-0.05, 0) is 12.8 Å². The number of nitrogens with two attached hydrogens (primary N) is 1. The minimum atomic E-state index is -1.12. The third kappa shape index (κ3) is 6.36. The lowest BCUT2D eigenvalue weighted by Crippen LogP contribution is -2.28. The van der Waals surface area contributed by atoms with Crippen molar-refractivity contribution in [3.8, 4) is 0 Å². The summed E-state index contributed by atoms with van der Waals surface area (Å²) in [5.74, 6) is -0.680. The van der Waals surface area contributed by atoms with Gasteiger partial charge in [0, 0.05) is 13.5 Å². The maximum absolute atomic E-state index is 11.2. The van der Waals surface area contributed by atoms with Crippen LogP contribution in [0.25, 0.3) is 0 Å². The fourth-order valence-electron chi connectivity index (χ4n) is 1.63. The number of amides is 3. The molecule has 0 fully saturated rings. The highest BCUT2D eigenvalue weighted by molar-refractivity contribution is 5.75. The summed E-state index contributed by atoms with van der Waals surface area (Å²) >= 11 is 0. The summed E-state index contributed by atoms with van der Waals surface area (Å²) in [6.45, 7) is 1.57. The molecule has 0 aromatic carbocycles. The van der Waals surface area contributed by atoms with E-state index in [1.54, 1.807) is 0 Å². The third-order valence-corrected chi connectivity index (χ3v) is 2.43. The Kier molecular flexibility index (Phi) is 6.11. The van der Waals surface area contributed by atoms with Gasteiger partial charge in [0.1, 0.15) is 12.5 Å². The monoisotopic (exact) mass is 299 g/mol. The van der Waals surface area contributed by atoms with Crippen molar-refractivity contribution in [2.75, 3.05) is 6.54 Å². The Morgan fingerprint density at radius 2 is 2.10 bits per heavy atom. The van der Waals surface area contributed by atoms with Crippen molar-refractivity contribution in [2.24, 2.45) is 5.73 Å². The first-order valence-corrected chi connectivity index (χ1v) is 6.23. The molecule has 0 spiro atoms. The van der Waals surface area contributed by atoms with E-state index in [1.165, 1.54) is 6.92 Å². The molecule has 21 heavy (non-hydrogen) atoms. The Balaban J connectivity index is 2.63. The van der Waals surface area contributed by atoms with Gasteiger partial charge in [-0.2, -0.15) is 0 Å². The Bertz CT molecular complexity index is 515. The van der Waals surface area contributed by atoms with Gasteiger partial charge in [0.05, 0.1) is 0 Å². The Hall–Kier alpha value is -2.65. The van der Waals surface area contributed by atoms with E-state index in [0.29, 0.717) is 12.8 Å². The van der Waals surface area contributed by atoms with Crippen LogP contribution < -0.4 is 16.4 Å². The Morgan fingerprint density at radius 3 is 2.67 bits per heavy atom. The largest absolute Gasteiger partial charge is 0.465 e. The van der Waals surface area contributed by atoms with E-state index in [2.05, 4.69) is 20.8 Å². The molecule has 1 rings (SSSR count). The first-order chi connectivity index (χ1) is 9.88. The molecule has 1 aromatic heterocycles. The van der Waals surface area contributed by atoms with Crippen LogP contribution >= 0.6 is 0 Å². The van der Waals surface area contributed by atoms with Crippen LogP contribution in [0.2, 0.25) is 0 Å². The third-order valence-electron chi connectivity index (χ3n) is 2.43. The normalized spacial score (nSPS) is 11.7. The molecule has 1 unspecified atom stereocenters. The molecule has 0 saturated heterocycles. The minimum Gasteiger partial charge on any atom is -0.465 e. The molecule has 0 aliphatic rings. The van der Waals surface area contributed by atoms with Crippen LogP contribution in [0.4, 0.5) is 4.79 Å². The fraction of sp³-hybridized carbons (Fsp3) is 0.545. The van der Waals surface area contributed by atoms with Crippen LogP contribution in [0.3, 0.4) is 0 Å². The molecule has 0 aliphatic heterocycles. The van der Waals surface area contributed by atoms with Crippen LogP contribution in [0.5, 0.6) is 0 Å². The second-order valence-electron chi connectivity index (χ2n) is 4.30. The SMILES string of the molecule is CC(=O)NC(CCCNC(=O)O)c1nnc(CC(N)=O)o1. The van der Waals surface area contributed by atoms with E-state index in [-0.39, 0.29) is 30.7 Å². The lowest BCUT2D eigenvalue weighted by atomic mass is 10.1. The van der Waals surface area contributed by atoms with Gasteiger partial charge in [-0.25, -0.2) is 4.79 Å². The Morgan fingerprint density at radius 1 is 1.38 bits per heavy atom. The van der Waals surface area contributed by atoms with E-state index >= 15 is 0 Å². The molecular weight excluding hydrogens is 282 g/mol. The summed E-state index contributed by atoms with van der Waals surface area (Å²) < 4.78 is 5.26. The second-order valence-corrected chi connectivity index (χ2v) is 4.30. The molecule has 0 bridgehead atoms. The molecule has 1 heterocycles. The quantitative estimate of drug-likeness (QED) is 0.462. The highest BCUT2D eigenvalue weighted by Gasteiger charge is 2.20. The van der Waals surface area contributed by atoms with Gasteiger partial charge in [0.2, 0.25) is 23.6 Å². The van der Waals surface area contributed by atoms with Gasteiger partial charge in [0.15, 0.2) is 0 Å². The number of nitrogens with one attached hydrogen (secondary N) is 2. The smallest absolute Gasteiger partial charge is 0.404 e. The van der Waals surface area contributed by atoms with Crippen molar-refractivity contribution < 1.29 is 23.9 Å². The standard InChI is InChI=1S/C11H17N5O5/c1-6(17)14-7(3-2-4-13-11(19)20)10-16-15-9(21-10)5-8(12)18/h7,13H,2-5H2,1H3,(H2,12,18)(H,14,17)(H,19,20). The van der Waals surface area contributed by atoms with Crippen molar-refractivity contribution in [1.29, 1.82) is 0 Å². The van der Waals surface area contributed by atoms with Crippen LogP contribution in [-0.4, -0.2) is 39.8 Å². The molecule has 0 radical (unpaired) electrons. The van der Waals surface area contributed by atoms with Crippen LogP contribution in [0.15, 0.2) is 4.42 Å². The van der Waals surface area contributed by atoms with Gasteiger partial charge in [-0.1, -0.05) is 0 Å². The second kappa shape index (κ2) is 7.82. The van der Waals surface area contributed by atoms with E-state index in [1.807, 2.05) is 0 Å². The highest BCUT2D eigenvalue weighted by Crippen LogP contribution is 2.17. The van der Waals surface area contributed by atoms with Crippen LogP contribution in [-0.2, 0) is 16.0 Å². The summed E-state index contributed by atoms with van der Waals surface area (Å²) in [5.41, 5.74) is 5.02. The van der Waals surface area contributed by atoms with Crippen molar-refractivity contribution in [1.82, 2.24) is 20.8 Å². The average molecular weight is 299 g/mol. The highest BCUT2D eigenvalue weighted by atomic mass is 16.4. The summed E-state index contributed by atoms with van der Waals surface area (Å²) in [5, 5.41) is 20.7. The number of carboxylic acid groups (broad SMARTS) is 1. The summed E-state index contributed by atoms with van der Waals surface area (Å²) in [7, 11) is 0. The fourth-order valence-corrected chi connectivity index (χ4v) is 1.63. The lowest BCUT2D eigenvalue weighted by molar-refractivity contribution is -0.120. The number of primary amides is 1. The molecule has 10 heteroatoms. The molecule has 0 aliphatic carbocycles. The van der Waals surface area contributed by atoms with E-state index in [9.17, 15) is 14.4 Å². The van der Waals surface area contributed by atoms with Crippen molar-refractivity contribution >= 4 is 17.9 Å². The molecule has 3 amide bonds. The summed E-state index contributed by atoms with van der Waals surface area (Å²) in [6, 6.07) is -0.549. The molecule has 1 aromatic rings. The zero-order chi connectivity index (χ0) is 15.8. The molecule has 1 atom stereocenters. The maximum atomic E-state index is 11.2. The maximum Gasteiger partial charge on any atom is 0.404 e. The van der Waals surface area contributed by atoms with Crippen LogP contribution in [0.1, 0.15) is 37.6 Å². The Labute approximate surface area is 120 Å². The lowest BCUT2D eigenvalue weighted by Gasteiger charge is -2.13. The van der Waals surface area contributed by atoms with Crippen molar-refractivity contribution in [3.63, 3.8) is 0 Å². The molecule has 0 saturated carbocycles. The number of hydrogen-bond acceptors (Lipinski definition) is 6. The van der Waals surface area contributed by atoms with E-state index in [0.717, 1.165) is 0 Å². The predicted octanol–water partition coefficient (Wildman–Crippen LogP) is -0.678. The first-order valence-electron chi connectivity index (χ1n) is 6.23. The van der Waals surface area contributed by atoms with Gasteiger partial charge >= 0.3 is 6.09 Å². The number of nitrogens with zero attached hydrogens (tertiary/aromatic N) is 2. The van der Waals surface area contributed by atoms with E-state index < -0.39 is 18.0 Å². The topological polar surface area (TPSA) is 160 Å². The number of aromatic nitrogens is 2. The molecule has 10 nitrogen and oxygen atoms in total. The number of rotatable bonds is 8. The van der Waals surface area contributed by atoms with Crippen molar-refractivity contribution in [3.05, 3.63) is 11.8 Å². The number of carbonyl (C=O) groups excluding carboxylic acids is 2. The predicted molar refractivity (Wildman–Crippen MR) is 69.0 cm³/mol.